The van der Waals surface area contributed by atoms with Crippen LogP contribution in [-0.4, -0.2) is 15.8 Å². The molecule has 0 unspecified atom stereocenters. The van der Waals surface area contributed by atoms with Crippen LogP contribution in [0.3, 0.4) is 0 Å². The van der Waals surface area contributed by atoms with Gasteiger partial charge in [0, 0.05) is 12.2 Å². The number of hydrogen-bond acceptors (Lipinski definition) is 2. The van der Waals surface area contributed by atoms with Gasteiger partial charge in [0.15, 0.2) is 12.1 Å². The number of imidazole rings is 1. The molecule has 4 heteroatoms. The molecule has 0 atom stereocenters. The van der Waals surface area contributed by atoms with Crippen LogP contribution in [0.2, 0.25) is 0 Å². The monoisotopic (exact) mass is 214 g/mol. The van der Waals surface area contributed by atoms with Gasteiger partial charge in [-0.25, -0.2) is 4.98 Å². The van der Waals surface area contributed by atoms with Crippen molar-refractivity contribution in [1.82, 2.24) is 9.55 Å². The number of aromatic nitrogens is 2. The fourth-order valence-electron chi connectivity index (χ4n) is 1.11. The molecule has 3 nitrogen and oxygen atoms in total. The Bertz CT molecular complexity index is 291. The van der Waals surface area contributed by atoms with Crippen LogP contribution in [0, 0.1) is 0 Å². The highest BCUT2D eigenvalue weighted by Gasteiger charge is 2.25. The third-order valence-electron chi connectivity index (χ3n) is 1.78. The summed E-state index contributed by atoms with van der Waals surface area (Å²) in [6.07, 6.45) is 5.00. The zero-order valence-corrected chi connectivity index (χ0v) is 7.41. The van der Waals surface area contributed by atoms with Crippen molar-refractivity contribution in [1.29, 1.82) is 0 Å². The van der Waals surface area contributed by atoms with Gasteiger partial charge in [0.2, 0.25) is 0 Å². The average molecular weight is 215 g/mol. The van der Waals surface area contributed by atoms with Gasteiger partial charge in [0.1, 0.15) is 4.60 Å². The minimum atomic E-state index is 0.522. The quantitative estimate of drug-likeness (QED) is 0.705. The summed E-state index contributed by atoms with van der Waals surface area (Å²) in [4.78, 5) is 14.5. The summed E-state index contributed by atoms with van der Waals surface area (Å²) in [6, 6.07) is 0.522. The molecule has 0 N–H and O–H groups in total. The molecule has 2 rings (SSSR count). The largest absolute Gasteiger partial charge is 0.325 e. The molecule has 0 amide bonds. The Balaban J connectivity index is 2.41. The highest BCUT2D eigenvalue weighted by atomic mass is 79.9. The minimum Gasteiger partial charge on any atom is -0.325 e. The van der Waals surface area contributed by atoms with Crippen molar-refractivity contribution in [2.75, 3.05) is 0 Å². The number of aldehydes is 1. The number of carbonyl (C=O) groups excluding carboxylic acids is 1. The second-order valence-corrected chi connectivity index (χ2v) is 3.49. The minimum absolute atomic E-state index is 0.522. The van der Waals surface area contributed by atoms with E-state index < -0.39 is 0 Å². The van der Waals surface area contributed by atoms with E-state index in [0.29, 0.717) is 11.9 Å². The lowest BCUT2D eigenvalue weighted by atomic mass is 10.6. The van der Waals surface area contributed by atoms with E-state index in [1.54, 1.807) is 0 Å². The van der Waals surface area contributed by atoms with Gasteiger partial charge in [0.25, 0.3) is 0 Å². The van der Waals surface area contributed by atoms with Crippen LogP contribution in [0.1, 0.15) is 29.5 Å². The maximum Gasteiger partial charge on any atom is 0.185 e. The zero-order chi connectivity index (χ0) is 7.84. The molecule has 0 aromatic carbocycles. The summed E-state index contributed by atoms with van der Waals surface area (Å²) in [5.74, 6) is 0.527. The van der Waals surface area contributed by atoms with Gasteiger partial charge >= 0.3 is 0 Å². The first-order valence-electron chi connectivity index (χ1n) is 3.51. The molecule has 1 aromatic heterocycles. The maximum atomic E-state index is 10.5. The van der Waals surface area contributed by atoms with Crippen LogP contribution in [0.25, 0.3) is 0 Å². The van der Waals surface area contributed by atoms with Crippen molar-refractivity contribution < 1.29 is 4.79 Å². The molecular weight excluding hydrogens is 208 g/mol. The summed E-state index contributed by atoms with van der Waals surface area (Å²) in [7, 11) is 0. The number of nitrogens with zero attached hydrogens (tertiary/aromatic N) is 2. The van der Waals surface area contributed by atoms with Gasteiger partial charge in [-0.3, -0.25) is 4.79 Å². The maximum absolute atomic E-state index is 10.5. The highest BCUT2D eigenvalue weighted by Crippen LogP contribution is 2.36. The third-order valence-corrected chi connectivity index (χ3v) is 2.16. The molecule has 0 spiro atoms. The second kappa shape index (κ2) is 2.44. The van der Waals surface area contributed by atoms with Crippen LogP contribution in [0.4, 0.5) is 0 Å². The molecule has 0 radical (unpaired) electrons. The Kier molecular flexibility index (Phi) is 1.56. The van der Waals surface area contributed by atoms with Crippen molar-refractivity contribution in [3.05, 3.63) is 16.6 Å². The van der Waals surface area contributed by atoms with Gasteiger partial charge in [-0.15, -0.1) is 0 Å². The van der Waals surface area contributed by atoms with E-state index in [2.05, 4.69) is 20.9 Å². The van der Waals surface area contributed by atoms with Crippen LogP contribution >= 0.6 is 15.9 Å². The summed E-state index contributed by atoms with van der Waals surface area (Å²) in [5, 5.41) is 0. The molecule has 0 aliphatic heterocycles. The van der Waals surface area contributed by atoms with Crippen LogP contribution < -0.4 is 0 Å². The predicted octanol–water partition coefficient (Wildman–Crippen LogP) is 1.79. The second-order valence-electron chi connectivity index (χ2n) is 2.68. The Morgan fingerprint density at radius 1 is 1.73 bits per heavy atom. The molecular formula is C7H7BrN2O. The summed E-state index contributed by atoms with van der Waals surface area (Å²) >= 11 is 3.23. The Labute approximate surface area is 72.6 Å². The van der Waals surface area contributed by atoms with Crippen molar-refractivity contribution in [2.45, 2.75) is 18.9 Å². The highest BCUT2D eigenvalue weighted by molar-refractivity contribution is 9.10. The molecule has 0 bridgehead atoms. The Morgan fingerprint density at radius 3 is 3.00 bits per heavy atom. The van der Waals surface area contributed by atoms with Crippen LogP contribution in [0.5, 0.6) is 0 Å². The molecule has 58 valence electrons. The van der Waals surface area contributed by atoms with Gasteiger partial charge in [0.05, 0.1) is 0 Å². The molecule has 1 aliphatic carbocycles. The Hall–Kier alpha value is -0.640. The molecule has 1 aliphatic rings. The van der Waals surface area contributed by atoms with Crippen molar-refractivity contribution in [3.8, 4) is 0 Å². The lowest BCUT2D eigenvalue weighted by Gasteiger charge is -1.97. The summed E-state index contributed by atoms with van der Waals surface area (Å²) in [6.45, 7) is 0. The van der Waals surface area contributed by atoms with E-state index >= 15 is 0 Å². The van der Waals surface area contributed by atoms with Gasteiger partial charge in [-0.2, -0.15) is 0 Å². The predicted molar refractivity (Wildman–Crippen MR) is 43.6 cm³/mol. The number of carbonyl (C=O) groups is 1. The topological polar surface area (TPSA) is 34.9 Å². The van der Waals surface area contributed by atoms with E-state index in [1.807, 2.05) is 10.8 Å². The van der Waals surface area contributed by atoms with E-state index in [4.69, 9.17) is 0 Å². The molecule has 1 saturated carbocycles. The van der Waals surface area contributed by atoms with Crippen LogP contribution in [0.15, 0.2) is 10.8 Å². The molecule has 1 fully saturated rings. The molecule has 1 aromatic rings. The SMILES string of the molecule is O=Cc1nc(Br)cn1C1CC1. The smallest absolute Gasteiger partial charge is 0.185 e. The first-order valence-corrected chi connectivity index (χ1v) is 4.30. The van der Waals surface area contributed by atoms with Gasteiger partial charge < -0.3 is 4.57 Å². The normalized spacial score (nSPS) is 16.8. The first kappa shape index (κ1) is 7.03. The van der Waals surface area contributed by atoms with Crippen molar-refractivity contribution >= 4 is 22.2 Å². The van der Waals surface area contributed by atoms with E-state index in [-0.39, 0.29) is 0 Å². The van der Waals surface area contributed by atoms with E-state index in [9.17, 15) is 4.79 Å². The molecule has 1 heterocycles. The standard InChI is InChI=1S/C7H7BrN2O/c8-6-3-10(5-1-2-5)7(4-11)9-6/h3-5H,1-2H2. The lowest BCUT2D eigenvalue weighted by Crippen LogP contribution is -1.97. The molecule has 0 saturated heterocycles. The van der Waals surface area contributed by atoms with Crippen LogP contribution in [-0.2, 0) is 0 Å². The summed E-state index contributed by atoms with van der Waals surface area (Å²) in [5.41, 5.74) is 0. The van der Waals surface area contributed by atoms with Crippen molar-refractivity contribution in [2.24, 2.45) is 0 Å². The van der Waals surface area contributed by atoms with Gasteiger partial charge in [-0.05, 0) is 28.8 Å². The zero-order valence-electron chi connectivity index (χ0n) is 5.83. The molecule has 11 heavy (non-hydrogen) atoms. The van der Waals surface area contributed by atoms with Crippen molar-refractivity contribution in [3.63, 3.8) is 0 Å². The van der Waals surface area contributed by atoms with Gasteiger partial charge in [-0.1, -0.05) is 0 Å². The number of hydrogen-bond donors (Lipinski definition) is 0. The first-order chi connectivity index (χ1) is 5.31. The number of halogens is 1. The fraction of sp³-hybridized carbons (Fsp3) is 0.429. The third kappa shape index (κ3) is 1.22. The summed E-state index contributed by atoms with van der Waals surface area (Å²) < 4.78 is 2.67. The Morgan fingerprint density at radius 2 is 2.45 bits per heavy atom. The fourth-order valence-corrected chi connectivity index (χ4v) is 1.51. The average Bonchev–Trinajstić information content (AvgIpc) is 2.75. The van der Waals surface area contributed by atoms with E-state index in [0.717, 1.165) is 10.9 Å². The lowest BCUT2D eigenvalue weighted by molar-refractivity contribution is 0.111. The van der Waals surface area contributed by atoms with E-state index in [1.165, 1.54) is 12.8 Å². The number of rotatable bonds is 2.